The van der Waals surface area contributed by atoms with Gasteiger partial charge in [-0.1, -0.05) is 30.3 Å². The third-order valence-electron chi connectivity index (χ3n) is 4.74. The van der Waals surface area contributed by atoms with Crippen molar-refractivity contribution in [3.05, 3.63) is 83.2 Å². The van der Waals surface area contributed by atoms with Gasteiger partial charge < -0.3 is 10.6 Å². The highest BCUT2D eigenvalue weighted by atomic mass is 16.2. The predicted molar refractivity (Wildman–Crippen MR) is 102 cm³/mol. The molecule has 0 radical (unpaired) electrons. The molecular weight excluding hydrogens is 324 g/mol. The van der Waals surface area contributed by atoms with Crippen molar-refractivity contribution in [2.75, 3.05) is 5.32 Å². The lowest BCUT2D eigenvalue weighted by Gasteiger charge is -2.10. The minimum atomic E-state index is -0.177. The molecule has 5 nitrogen and oxygen atoms in total. The molecule has 5 heteroatoms. The predicted octanol–water partition coefficient (Wildman–Crippen LogP) is 3.74. The van der Waals surface area contributed by atoms with E-state index in [4.69, 9.17) is 0 Å². The number of aromatic nitrogens is 2. The van der Waals surface area contributed by atoms with Gasteiger partial charge in [-0.2, -0.15) is 5.10 Å². The van der Waals surface area contributed by atoms with Gasteiger partial charge in [-0.15, -0.1) is 0 Å². The van der Waals surface area contributed by atoms with Gasteiger partial charge >= 0.3 is 6.03 Å². The van der Waals surface area contributed by atoms with Gasteiger partial charge in [-0.05, 0) is 59.7 Å². The van der Waals surface area contributed by atoms with Crippen LogP contribution in [0.2, 0.25) is 0 Å². The fourth-order valence-electron chi connectivity index (χ4n) is 3.35. The number of amides is 2. The van der Waals surface area contributed by atoms with Gasteiger partial charge in [0.05, 0.1) is 6.54 Å². The van der Waals surface area contributed by atoms with Crippen LogP contribution < -0.4 is 10.6 Å². The summed E-state index contributed by atoms with van der Waals surface area (Å²) < 4.78 is 1.89. The Balaban J connectivity index is 1.28. The highest BCUT2D eigenvalue weighted by Gasteiger charge is 2.11. The molecule has 2 N–H and O–H groups in total. The van der Waals surface area contributed by atoms with E-state index in [0.717, 1.165) is 30.6 Å². The summed E-state index contributed by atoms with van der Waals surface area (Å²) in [5.74, 6) is 0. The number of anilines is 1. The lowest BCUT2D eigenvalue weighted by Crippen LogP contribution is -2.28. The van der Waals surface area contributed by atoms with Crippen molar-refractivity contribution < 1.29 is 4.79 Å². The number of urea groups is 1. The Bertz CT molecular complexity index is 885. The molecule has 2 aromatic carbocycles. The van der Waals surface area contributed by atoms with Crippen LogP contribution in [0.5, 0.6) is 0 Å². The van der Waals surface area contributed by atoms with Crippen molar-refractivity contribution in [1.82, 2.24) is 15.1 Å². The first-order chi connectivity index (χ1) is 12.8. The van der Waals surface area contributed by atoms with Crippen LogP contribution >= 0.6 is 0 Å². The first kappa shape index (κ1) is 16.4. The van der Waals surface area contributed by atoms with E-state index in [1.165, 1.54) is 23.1 Å². The smallest absolute Gasteiger partial charge is 0.319 e. The van der Waals surface area contributed by atoms with E-state index >= 15 is 0 Å². The van der Waals surface area contributed by atoms with E-state index in [1.54, 1.807) is 6.20 Å². The number of carbonyl (C=O) groups excluding carboxylic acids is 1. The van der Waals surface area contributed by atoms with Gasteiger partial charge in [0.15, 0.2) is 0 Å². The first-order valence-electron chi connectivity index (χ1n) is 8.98. The van der Waals surface area contributed by atoms with Crippen molar-refractivity contribution in [3.63, 3.8) is 0 Å². The third kappa shape index (κ3) is 3.94. The molecule has 26 heavy (non-hydrogen) atoms. The lowest BCUT2D eigenvalue weighted by atomic mass is 10.1. The third-order valence-corrected chi connectivity index (χ3v) is 4.74. The Hall–Kier alpha value is -3.08. The molecule has 2 amide bonds. The summed E-state index contributed by atoms with van der Waals surface area (Å²) in [6.45, 7) is 1.25. The molecule has 0 spiro atoms. The summed E-state index contributed by atoms with van der Waals surface area (Å²) in [5, 5.41) is 10.0. The van der Waals surface area contributed by atoms with Gasteiger partial charge in [-0.3, -0.25) is 4.68 Å². The number of hydrogen-bond acceptors (Lipinski definition) is 2. The standard InChI is InChI=1S/C21H22N4O/c26-21(24-20-10-9-18-3-1-4-19(18)13-20)22-14-16-5-7-17(8-6-16)15-25-12-2-11-23-25/h2,5-13H,1,3-4,14-15H2,(H2,22,24,26). The molecule has 0 saturated heterocycles. The number of nitrogens with zero attached hydrogens (tertiary/aromatic N) is 2. The molecule has 1 heterocycles. The van der Waals surface area contributed by atoms with Crippen LogP contribution in [0.1, 0.15) is 28.7 Å². The molecule has 0 aliphatic heterocycles. The summed E-state index contributed by atoms with van der Waals surface area (Å²) in [4.78, 5) is 12.1. The van der Waals surface area contributed by atoms with E-state index < -0.39 is 0 Å². The van der Waals surface area contributed by atoms with E-state index in [2.05, 4.69) is 40.0 Å². The summed E-state index contributed by atoms with van der Waals surface area (Å²) in [6.07, 6.45) is 7.19. The summed E-state index contributed by atoms with van der Waals surface area (Å²) in [7, 11) is 0. The number of benzene rings is 2. The maximum atomic E-state index is 12.1. The molecule has 1 aliphatic rings. The largest absolute Gasteiger partial charge is 0.334 e. The topological polar surface area (TPSA) is 59.0 Å². The molecule has 3 aromatic rings. The summed E-state index contributed by atoms with van der Waals surface area (Å²) in [5.41, 5.74) is 5.87. The molecule has 0 fully saturated rings. The van der Waals surface area contributed by atoms with Crippen LogP contribution in [0.25, 0.3) is 0 Å². The first-order valence-corrected chi connectivity index (χ1v) is 8.98. The zero-order valence-corrected chi connectivity index (χ0v) is 14.6. The Morgan fingerprint density at radius 3 is 2.65 bits per heavy atom. The van der Waals surface area contributed by atoms with Crippen LogP contribution in [0.3, 0.4) is 0 Å². The fraction of sp³-hybridized carbons (Fsp3) is 0.238. The van der Waals surface area contributed by atoms with Crippen LogP contribution in [0, 0.1) is 0 Å². The van der Waals surface area contributed by atoms with E-state index in [9.17, 15) is 4.79 Å². The normalized spacial score (nSPS) is 12.6. The van der Waals surface area contributed by atoms with Gasteiger partial charge in [0, 0.05) is 24.6 Å². The van der Waals surface area contributed by atoms with Crippen LogP contribution in [0.4, 0.5) is 10.5 Å². The van der Waals surface area contributed by atoms with Crippen LogP contribution in [-0.2, 0) is 25.9 Å². The quantitative estimate of drug-likeness (QED) is 0.739. The molecule has 0 atom stereocenters. The molecule has 0 unspecified atom stereocenters. The van der Waals surface area contributed by atoms with Crippen molar-refractivity contribution in [2.45, 2.75) is 32.4 Å². The Morgan fingerprint density at radius 2 is 1.85 bits per heavy atom. The number of nitrogens with one attached hydrogen (secondary N) is 2. The van der Waals surface area contributed by atoms with E-state index in [0.29, 0.717) is 6.54 Å². The average Bonchev–Trinajstić information content (AvgIpc) is 3.32. The zero-order valence-electron chi connectivity index (χ0n) is 14.6. The van der Waals surface area contributed by atoms with Crippen molar-refractivity contribution in [1.29, 1.82) is 0 Å². The van der Waals surface area contributed by atoms with Gasteiger partial charge in [0.1, 0.15) is 0 Å². The van der Waals surface area contributed by atoms with Crippen LogP contribution in [-0.4, -0.2) is 15.8 Å². The Kier molecular flexibility index (Phi) is 4.69. The SMILES string of the molecule is O=C(NCc1ccc(Cn2cccn2)cc1)Nc1ccc2c(c1)CCC2. The van der Waals surface area contributed by atoms with Crippen molar-refractivity contribution in [3.8, 4) is 0 Å². The molecule has 0 bridgehead atoms. The van der Waals surface area contributed by atoms with Gasteiger partial charge in [0.2, 0.25) is 0 Å². The maximum absolute atomic E-state index is 12.1. The highest BCUT2D eigenvalue weighted by Crippen LogP contribution is 2.24. The van der Waals surface area contributed by atoms with E-state index in [1.807, 2.05) is 35.1 Å². The molecule has 132 valence electrons. The zero-order chi connectivity index (χ0) is 17.8. The Morgan fingerprint density at radius 1 is 1.04 bits per heavy atom. The minimum absolute atomic E-state index is 0.177. The molecule has 4 rings (SSSR count). The maximum Gasteiger partial charge on any atom is 0.319 e. The van der Waals surface area contributed by atoms with E-state index in [-0.39, 0.29) is 6.03 Å². The van der Waals surface area contributed by atoms with Crippen LogP contribution in [0.15, 0.2) is 60.9 Å². The fourth-order valence-corrected chi connectivity index (χ4v) is 3.35. The number of fused-ring (bicyclic) bond motifs is 1. The van der Waals surface area contributed by atoms with Crippen molar-refractivity contribution >= 4 is 11.7 Å². The second kappa shape index (κ2) is 7.44. The number of aryl methyl sites for hydroxylation is 2. The molecule has 1 aromatic heterocycles. The molecule has 1 aliphatic carbocycles. The summed E-state index contributed by atoms with van der Waals surface area (Å²) >= 11 is 0. The average molecular weight is 346 g/mol. The Labute approximate surface area is 153 Å². The van der Waals surface area contributed by atoms with Crippen molar-refractivity contribution in [2.24, 2.45) is 0 Å². The molecular formula is C21H22N4O. The highest BCUT2D eigenvalue weighted by molar-refractivity contribution is 5.89. The molecule has 0 saturated carbocycles. The van der Waals surface area contributed by atoms with Gasteiger partial charge in [0.25, 0.3) is 0 Å². The lowest BCUT2D eigenvalue weighted by molar-refractivity contribution is 0.251. The van der Waals surface area contributed by atoms with Gasteiger partial charge in [-0.25, -0.2) is 4.79 Å². The summed E-state index contributed by atoms with van der Waals surface area (Å²) in [6, 6.07) is 16.1. The minimum Gasteiger partial charge on any atom is -0.334 e. The monoisotopic (exact) mass is 346 g/mol. The number of hydrogen-bond donors (Lipinski definition) is 2. The second-order valence-electron chi connectivity index (χ2n) is 6.66. The second-order valence-corrected chi connectivity index (χ2v) is 6.66. The number of carbonyl (C=O) groups is 1. The number of rotatable bonds is 5.